The van der Waals surface area contributed by atoms with E-state index in [0.29, 0.717) is 19.4 Å². The first-order chi connectivity index (χ1) is 31.5. The average molecular weight is 901 g/mol. The summed E-state index contributed by atoms with van der Waals surface area (Å²) in [6.07, 6.45) is 65.9. The van der Waals surface area contributed by atoms with Crippen LogP contribution in [0.1, 0.15) is 296 Å². The van der Waals surface area contributed by atoms with Crippen molar-refractivity contribution in [3.63, 3.8) is 0 Å². The molecule has 376 valence electrons. The number of allylic oxidation sites excluding steroid dienone is 5. The normalized spacial score (nSPS) is 12.9. The number of hydrogen-bond donors (Lipinski definition) is 3. The number of aliphatic hydroxyl groups excluding tert-OH is 2. The summed E-state index contributed by atoms with van der Waals surface area (Å²) in [7, 11) is 0. The maximum Gasteiger partial charge on any atom is 0.305 e. The molecular formula is C58H109NO5. The Kier molecular flexibility index (Phi) is 52.1. The molecule has 0 aliphatic rings. The van der Waals surface area contributed by atoms with Gasteiger partial charge in [0.05, 0.1) is 25.4 Å². The van der Waals surface area contributed by atoms with Crippen LogP contribution in [0.15, 0.2) is 36.5 Å². The molecule has 0 saturated heterocycles. The van der Waals surface area contributed by atoms with Crippen molar-refractivity contribution in [2.75, 3.05) is 13.2 Å². The van der Waals surface area contributed by atoms with Crippen LogP contribution >= 0.6 is 0 Å². The van der Waals surface area contributed by atoms with Crippen LogP contribution in [-0.4, -0.2) is 47.4 Å². The largest absolute Gasteiger partial charge is 0.466 e. The van der Waals surface area contributed by atoms with Crippen LogP contribution in [0.4, 0.5) is 0 Å². The molecule has 0 radical (unpaired) electrons. The molecule has 0 saturated carbocycles. The Morgan fingerprint density at radius 3 is 1.11 bits per heavy atom. The third kappa shape index (κ3) is 49.5. The summed E-state index contributed by atoms with van der Waals surface area (Å²) in [5.74, 6) is -0.120. The van der Waals surface area contributed by atoms with E-state index < -0.39 is 12.1 Å². The second kappa shape index (κ2) is 53.7. The highest BCUT2D eigenvalue weighted by atomic mass is 16.5. The smallest absolute Gasteiger partial charge is 0.305 e. The van der Waals surface area contributed by atoms with Crippen LogP contribution < -0.4 is 5.32 Å². The van der Waals surface area contributed by atoms with Gasteiger partial charge < -0.3 is 20.3 Å². The van der Waals surface area contributed by atoms with Crippen molar-refractivity contribution in [2.24, 2.45) is 0 Å². The first-order valence-electron chi connectivity index (χ1n) is 28.3. The first kappa shape index (κ1) is 62.1. The topological polar surface area (TPSA) is 95.9 Å². The van der Waals surface area contributed by atoms with Gasteiger partial charge in [0, 0.05) is 12.8 Å². The predicted molar refractivity (Wildman–Crippen MR) is 278 cm³/mol. The molecule has 6 nitrogen and oxygen atoms in total. The van der Waals surface area contributed by atoms with Crippen LogP contribution in [0, 0.1) is 0 Å². The zero-order chi connectivity index (χ0) is 46.5. The first-order valence-corrected chi connectivity index (χ1v) is 28.3. The third-order valence-corrected chi connectivity index (χ3v) is 12.9. The van der Waals surface area contributed by atoms with E-state index in [1.54, 1.807) is 6.08 Å². The molecule has 64 heavy (non-hydrogen) atoms. The average Bonchev–Trinajstić information content (AvgIpc) is 3.29. The minimum atomic E-state index is -0.861. The summed E-state index contributed by atoms with van der Waals surface area (Å²) in [5, 5.41) is 23.1. The van der Waals surface area contributed by atoms with Crippen LogP contribution in [0.3, 0.4) is 0 Å². The zero-order valence-electron chi connectivity index (χ0n) is 42.8. The van der Waals surface area contributed by atoms with Crippen LogP contribution in [0.25, 0.3) is 0 Å². The second-order valence-electron chi connectivity index (χ2n) is 19.3. The highest BCUT2D eigenvalue weighted by molar-refractivity contribution is 5.76. The van der Waals surface area contributed by atoms with Crippen LogP contribution in [0.2, 0.25) is 0 Å². The molecule has 0 spiro atoms. The number of ether oxygens (including phenoxy) is 1. The number of carbonyl (C=O) groups excluding carboxylic acids is 2. The second-order valence-corrected chi connectivity index (χ2v) is 19.3. The summed E-state index contributed by atoms with van der Waals surface area (Å²) in [5.41, 5.74) is 0. The number of aliphatic hydroxyl groups is 2. The fourth-order valence-electron chi connectivity index (χ4n) is 8.50. The maximum absolute atomic E-state index is 12.4. The molecule has 0 aromatic carbocycles. The van der Waals surface area contributed by atoms with E-state index in [9.17, 15) is 19.8 Å². The number of carbonyl (C=O) groups is 2. The molecule has 1 amide bonds. The van der Waals surface area contributed by atoms with Crippen molar-refractivity contribution < 1.29 is 24.5 Å². The molecule has 2 atom stereocenters. The summed E-state index contributed by atoms with van der Waals surface area (Å²) in [6.45, 7) is 4.85. The SMILES string of the molecule is CCCCCCCCC/C=C\CCCCCCCCCC(=O)OCCCCC/C=C\CCCCCCCC(=O)NC(CO)C(O)/C=C/CCCCCCCCCCCCCCCCC. The number of unbranched alkanes of at least 4 members (excludes halogenated alkanes) is 37. The van der Waals surface area contributed by atoms with Gasteiger partial charge in [0.1, 0.15) is 0 Å². The molecule has 0 aromatic heterocycles. The van der Waals surface area contributed by atoms with Crippen LogP contribution in [0.5, 0.6) is 0 Å². The lowest BCUT2D eigenvalue weighted by atomic mass is 10.0. The van der Waals surface area contributed by atoms with Crippen molar-refractivity contribution >= 4 is 11.9 Å². The maximum atomic E-state index is 12.4. The van der Waals surface area contributed by atoms with Gasteiger partial charge >= 0.3 is 5.97 Å². The van der Waals surface area contributed by atoms with E-state index in [-0.39, 0.29) is 18.5 Å². The molecule has 0 rings (SSSR count). The Morgan fingerprint density at radius 1 is 0.422 bits per heavy atom. The Hall–Kier alpha value is -1.92. The predicted octanol–water partition coefficient (Wildman–Crippen LogP) is 17.2. The van der Waals surface area contributed by atoms with Gasteiger partial charge in [0.15, 0.2) is 0 Å². The Labute approximate surface area is 398 Å². The quantitative estimate of drug-likeness (QED) is 0.0321. The summed E-state index contributed by atoms with van der Waals surface area (Å²) in [6, 6.07) is -0.647. The van der Waals surface area contributed by atoms with E-state index >= 15 is 0 Å². The van der Waals surface area contributed by atoms with Gasteiger partial charge in [-0.15, -0.1) is 0 Å². The van der Waals surface area contributed by atoms with Gasteiger partial charge in [0.25, 0.3) is 0 Å². The fourth-order valence-corrected chi connectivity index (χ4v) is 8.50. The van der Waals surface area contributed by atoms with Crippen molar-refractivity contribution in [2.45, 2.75) is 309 Å². The minimum absolute atomic E-state index is 0.0274. The molecule has 2 unspecified atom stereocenters. The van der Waals surface area contributed by atoms with Gasteiger partial charge in [-0.1, -0.05) is 230 Å². The Bertz CT molecular complexity index is 1040. The fraction of sp³-hybridized carbons (Fsp3) is 0.862. The van der Waals surface area contributed by atoms with Gasteiger partial charge in [-0.25, -0.2) is 0 Å². The molecule has 0 fully saturated rings. The van der Waals surface area contributed by atoms with Crippen molar-refractivity contribution in [3.05, 3.63) is 36.5 Å². The lowest BCUT2D eigenvalue weighted by Crippen LogP contribution is -2.45. The molecule has 0 heterocycles. The van der Waals surface area contributed by atoms with Gasteiger partial charge in [-0.2, -0.15) is 0 Å². The molecule has 0 aliphatic carbocycles. The van der Waals surface area contributed by atoms with E-state index in [1.165, 1.54) is 186 Å². The van der Waals surface area contributed by atoms with E-state index in [1.807, 2.05) is 6.08 Å². The molecule has 6 heteroatoms. The van der Waals surface area contributed by atoms with Gasteiger partial charge in [0.2, 0.25) is 5.91 Å². The number of rotatable bonds is 52. The van der Waals surface area contributed by atoms with Crippen LogP contribution in [-0.2, 0) is 14.3 Å². The highest BCUT2D eigenvalue weighted by Crippen LogP contribution is 2.16. The minimum Gasteiger partial charge on any atom is -0.466 e. The summed E-state index contributed by atoms with van der Waals surface area (Å²) >= 11 is 0. The lowest BCUT2D eigenvalue weighted by Gasteiger charge is -2.20. The number of amides is 1. The van der Waals surface area contributed by atoms with Gasteiger partial charge in [-0.3, -0.25) is 9.59 Å². The summed E-state index contributed by atoms with van der Waals surface area (Å²) in [4.78, 5) is 24.5. The third-order valence-electron chi connectivity index (χ3n) is 12.9. The molecule has 3 N–H and O–H groups in total. The standard InChI is InChI=1S/C58H109NO5/c1-3-5-7-9-11-13-15-17-19-21-23-25-27-32-36-40-44-48-52-58(63)64-53-49-45-41-37-33-29-28-31-35-39-43-47-51-57(62)59-55(54-60)56(61)50-46-42-38-34-30-26-24-22-20-18-16-14-12-10-8-6-4-2/h19,21,29,33,46,50,55-56,60-61H,3-18,20,22-28,30-32,34-45,47-49,51-54H2,1-2H3,(H,59,62)/b21-19-,33-29-,50-46+. The van der Waals surface area contributed by atoms with Crippen molar-refractivity contribution in [1.82, 2.24) is 5.32 Å². The molecular weight excluding hydrogens is 791 g/mol. The Balaban J connectivity index is 3.53. The van der Waals surface area contributed by atoms with E-state index in [4.69, 9.17) is 4.74 Å². The van der Waals surface area contributed by atoms with Crippen molar-refractivity contribution in [3.8, 4) is 0 Å². The highest BCUT2D eigenvalue weighted by Gasteiger charge is 2.18. The molecule has 0 bridgehead atoms. The number of esters is 1. The lowest BCUT2D eigenvalue weighted by molar-refractivity contribution is -0.143. The van der Waals surface area contributed by atoms with E-state index in [2.05, 4.69) is 43.5 Å². The number of nitrogens with one attached hydrogen (secondary N) is 1. The Morgan fingerprint density at radius 2 is 0.734 bits per heavy atom. The monoisotopic (exact) mass is 900 g/mol. The number of hydrogen-bond acceptors (Lipinski definition) is 5. The van der Waals surface area contributed by atoms with Gasteiger partial charge in [-0.05, 0) is 89.9 Å². The molecule has 0 aromatic rings. The van der Waals surface area contributed by atoms with Crippen molar-refractivity contribution in [1.29, 1.82) is 0 Å². The molecule has 0 aliphatic heterocycles. The van der Waals surface area contributed by atoms with E-state index in [0.717, 1.165) is 83.5 Å². The zero-order valence-corrected chi connectivity index (χ0v) is 42.8. The summed E-state index contributed by atoms with van der Waals surface area (Å²) < 4.78 is 5.46.